The van der Waals surface area contributed by atoms with Gasteiger partial charge in [-0.2, -0.15) is 4.98 Å². The van der Waals surface area contributed by atoms with E-state index in [1.165, 1.54) is 5.56 Å². The van der Waals surface area contributed by atoms with E-state index in [2.05, 4.69) is 52.8 Å². The average molecular weight is 478 g/mol. The van der Waals surface area contributed by atoms with E-state index in [4.69, 9.17) is 9.26 Å². The molecule has 0 spiro atoms. The summed E-state index contributed by atoms with van der Waals surface area (Å²) < 4.78 is 10.7. The zero-order valence-electron chi connectivity index (χ0n) is 21.1. The van der Waals surface area contributed by atoms with E-state index in [0.29, 0.717) is 37.4 Å². The smallest absolute Gasteiger partial charge is 0.253 e. The Balaban J connectivity index is 1.28. The van der Waals surface area contributed by atoms with Gasteiger partial charge in [-0.3, -0.25) is 14.6 Å². The van der Waals surface area contributed by atoms with Crippen LogP contribution >= 0.6 is 0 Å². The van der Waals surface area contributed by atoms with E-state index in [1.807, 2.05) is 41.3 Å². The predicted octanol–water partition coefficient (Wildman–Crippen LogP) is 3.93. The monoisotopic (exact) mass is 477 g/mol. The third kappa shape index (κ3) is 6.26. The molecule has 8 heteroatoms. The van der Waals surface area contributed by atoms with Crippen molar-refractivity contribution in [1.82, 2.24) is 24.8 Å². The van der Waals surface area contributed by atoms with E-state index in [-0.39, 0.29) is 5.91 Å². The zero-order valence-corrected chi connectivity index (χ0v) is 21.1. The van der Waals surface area contributed by atoms with Crippen molar-refractivity contribution in [2.24, 2.45) is 0 Å². The summed E-state index contributed by atoms with van der Waals surface area (Å²) in [6, 6.07) is 16.1. The minimum atomic E-state index is 0.0898. The van der Waals surface area contributed by atoms with Crippen molar-refractivity contribution in [1.29, 1.82) is 0 Å². The highest BCUT2D eigenvalue weighted by molar-refractivity contribution is 5.94. The largest absolute Gasteiger partial charge is 0.497 e. The number of ether oxygens (including phenoxy) is 1. The predicted molar refractivity (Wildman–Crippen MR) is 135 cm³/mol. The molecule has 0 N–H and O–H groups in total. The van der Waals surface area contributed by atoms with Gasteiger partial charge in [0.05, 0.1) is 13.7 Å². The Morgan fingerprint density at radius 3 is 2.34 bits per heavy atom. The molecule has 1 aromatic heterocycles. The molecule has 2 aromatic carbocycles. The second kappa shape index (κ2) is 11.5. The number of benzene rings is 2. The Labute approximate surface area is 207 Å². The number of amides is 1. The fourth-order valence-electron chi connectivity index (χ4n) is 4.31. The van der Waals surface area contributed by atoms with E-state index in [9.17, 15) is 4.79 Å². The molecule has 2 heterocycles. The Bertz CT molecular complexity index is 1090. The van der Waals surface area contributed by atoms with Gasteiger partial charge in [0.15, 0.2) is 0 Å². The molecule has 1 aliphatic rings. The molecule has 0 saturated carbocycles. The summed E-state index contributed by atoms with van der Waals surface area (Å²) in [7, 11) is 1.64. The normalized spacial score (nSPS) is 14.6. The van der Waals surface area contributed by atoms with Gasteiger partial charge in [0.2, 0.25) is 11.7 Å². The highest BCUT2D eigenvalue weighted by atomic mass is 16.5. The van der Waals surface area contributed by atoms with Crippen molar-refractivity contribution in [3.05, 3.63) is 65.5 Å². The first-order valence-electron chi connectivity index (χ1n) is 12.3. The number of piperazine rings is 1. The van der Waals surface area contributed by atoms with Gasteiger partial charge in [0.1, 0.15) is 5.75 Å². The van der Waals surface area contributed by atoms with Crippen LogP contribution in [0.5, 0.6) is 5.75 Å². The van der Waals surface area contributed by atoms with Gasteiger partial charge in [-0.25, -0.2) is 0 Å². The van der Waals surface area contributed by atoms with Crippen LogP contribution in [0.25, 0.3) is 11.4 Å². The number of aromatic nitrogens is 2. The number of hydrogen-bond donors (Lipinski definition) is 0. The first-order valence-corrected chi connectivity index (χ1v) is 12.3. The third-order valence-corrected chi connectivity index (χ3v) is 6.56. The quantitative estimate of drug-likeness (QED) is 0.462. The van der Waals surface area contributed by atoms with Gasteiger partial charge < -0.3 is 14.2 Å². The first-order chi connectivity index (χ1) is 17.0. The molecule has 1 amide bonds. The molecular formula is C27H35N5O3. The Morgan fingerprint density at radius 2 is 1.74 bits per heavy atom. The van der Waals surface area contributed by atoms with Crippen LogP contribution in [0, 0.1) is 0 Å². The molecule has 1 fully saturated rings. The molecule has 0 unspecified atom stereocenters. The van der Waals surface area contributed by atoms with E-state index >= 15 is 0 Å². The lowest BCUT2D eigenvalue weighted by Gasteiger charge is -2.34. The number of carbonyl (C=O) groups is 1. The SMILES string of the molecule is CCN(Cc1ccc(C(=O)N2CCN(Cc3nc(-c4ccc(OC)cc4)no3)CC2)cc1)C(C)C. The Morgan fingerprint density at radius 1 is 1.06 bits per heavy atom. The minimum absolute atomic E-state index is 0.0898. The highest BCUT2D eigenvalue weighted by Gasteiger charge is 2.23. The summed E-state index contributed by atoms with van der Waals surface area (Å²) in [6.07, 6.45) is 0. The van der Waals surface area contributed by atoms with Gasteiger partial charge in [0.25, 0.3) is 5.91 Å². The number of methoxy groups -OCH3 is 1. The third-order valence-electron chi connectivity index (χ3n) is 6.56. The lowest BCUT2D eigenvalue weighted by Crippen LogP contribution is -2.48. The van der Waals surface area contributed by atoms with Crippen molar-refractivity contribution < 1.29 is 14.1 Å². The van der Waals surface area contributed by atoms with Gasteiger partial charge in [0, 0.05) is 49.9 Å². The lowest BCUT2D eigenvalue weighted by molar-refractivity contribution is 0.0615. The standard InChI is InChI=1S/C27H35N5O3/c1-5-31(20(2)3)18-21-6-8-23(9-7-21)27(33)32-16-14-30(15-17-32)19-25-28-26(29-35-25)22-10-12-24(34-4)13-11-22/h6-13,20H,5,14-19H2,1-4H3. The van der Waals surface area contributed by atoms with E-state index < -0.39 is 0 Å². The summed E-state index contributed by atoms with van der Waals surface area (Å²) in [5.41, 5.74) is 2.86. The van der Waals surface area contributed by atoms with Crippen LogP contribution in [0.2, 0.25) is 0 Å². The molecule has 0 aliphatic carbocycles. The second-order valence-electron chi connectivity index (χ2n) is 9.16. The van der Waals surface area contributed by atoms with Crippen LogP contribution in [0.4, 0.5) is 0 Å². The maximum atomic E-state index is 13.0. The van der Waals surface area contributed by atoms with Crippen LogP contribution in [-0.4, -0.2) is 76.6 Å². The zero-order chi connectivity index (χ0) is 24.8. The van der Waals surface area contributed by atoms with Crippen LogP contribution in [-0.2, 0) is 13.1 Å². The molecule has 0 atom stereocenters. The molecule has 0 bridgehead atoms. The number of carbonyl (C=O) groups excluding carboxylic acids is 1. The molecular weight excluding hydrogens is 442 g/mol. The first kappa shape index (κ1) is 24.9. The molecule has 35 heavy (non-hydrogen) atoms. The summed E-state index contributed by atoms with van der Waals surface area (Å²) in [6.45, 7) is 12.0. The molecule has 0 radical (unpaired) electrons. The number of nitrogens with zero attached hydrogens (tertiary/aromatic N) is 5. The fraction of sp³-hybridized carbons (Fsp3) is 0.444. The molecule has 3 aromatic rings. The van der Waals surface area contributed by atoms with Crippen molar-refractivity contribution in [2.75, 3.05) is 39.8 Å². The van der Waals surface area contributed by atoms with Gasteiger partial charge in [-0.15, -0.1) is 0 Å². The highest BCUT2D eigenvalue weighted by Crippen LogP contribution is 2.20. The minimum Gasteiger partial charge on any atom is -0.497 e. The van der Waals surface area contributed by atoms with Crippen LogP contribution in [0.1, 0.15) is 42.6 Å². The lowest BCUT2D eigenvalue weighted by atomic mass is 10.1. The van der Waals surface area contributed by atoms with Crippen molar-refractivity contribution >= 4 is 5.91 Å². The van der Waals surface area contributed by atoms with Crippen molar-refractivity contribution in [3.63, 3.8) is 0 Å². The maximum absolute atomic E-state index is 13.0. The number of hydrogen-bond acceptors (Lipinski definition) is 7. The molecule has 4 rings (SSSR count). The van der Waals surface area contributed by atoms with Crippen molar-refractivity contribution in [2.45, 2.75) is 39.9 Å². The average Bonchev–Trinajstić information content (AvgIpc) is 3.36. The Hall–Kier alpha value is -3.23. The topological polar surface area (TPSA) is 74.9 Å². The maximum Gasteiger partial charge on any atom is 0.253 e. The summed E-state index contributed by atoms with van der Waals surface area (Å²) >= 11 is 0. The molecule has 186 valence electrons. The fourth-order valence-corrected chi connectivity index (χ4v) is 4.31. The summed E-state index contributed by atoms with van der Waals surface area (Å²) in [5, 5.41) is 4.11. The van der Waals surface area contributed by atoms with Gasteiger partial charge in [-0.05, 0) is 62.4 Å². The molecule has 1 saturated heterocycles. The molecule has 1 aliphatic heterocycles. The second-order valence-corrected chi connectivity index (χ2v) is 9.16. The van der Waals surface area contributed by atoms with Gasteiger partial charge >= 0.3 is 0 Å². The van der Waals surface area contributed by atoms with E-state index in [0.717, 1.165) is 43.1 Å². The van der Waals surface area contributed by atoms with E-state index in [1.54, 1.807) is 7.11 Å². The van der Waals surface area contributed by atoms with Crippen LogP contribution < -0.4 is 4.74 Å². The molecule has 8 nitrogen and oxygen atoms in total. The number of rotatable bonds is 9. The Kier molecular flexibility index (Phi) is 8.15. The summed E-state index contributed by atoms with van der Waals surface area (Å²) in [5.74, 6) is 2.02. The van der Waals surface area contributed by atoms with Crippen LogP contribution in [0.15, 0.2) is 53.1 Å². The van der Waals surface area contributed by atoms with Gasteiger partial charge in [-0.1, -0.05) is 24.2 Å². The van der Waals surface area contributed by atoms with Crippen molar-refractivity contribution in [3.8, 4) is 17.1 Å². The van der Waals surface area contributed by atoms with Crippen LogP contribution in [0.3, 0.4) is 0 Å². The summed E-state index contributed by atoms with van der Waals surface area (Å²) in [4.78, 5) is 24.1.